The fourth-order valence-electron chi connectivity index (χ4n) is 3.42. The number of benzene rings is 2. The quantitative estimate of drug-likeness (QED) is 0.710. The van der Waals surface area contributed by atoms with E-state index >= 15 is 0 Å². The van der Waals surface area contributed by atoms with E-state index in [4.69, 9.17) is 0 Å². The zero-order chi connectivity index (χ0) is 18.8. The number of piperazine rings is 1. The molecular formula is C20H19FN4O2. The van der Waals surface area contributed by atoms with Crippen LogP contribution in [-0.4, -0.2) is 46.8 Å². The lowest BCUT2D eigenvalue weighted by atomic mass is 10.2. The Morgan fingerprint density at radius 3 is 2.48 bits per heavy atom. The van der Waals surface area contributed by atoms with Crippen LogP contribution in [0.1, 0.15) is 0 Å². The number of nitrogens with zero attached hydrogens (tertiary/aromatic N) is 4. The van der Waals surface area contributed by atoms with Gasteiger partial charge in [-0.15, -0.1) is 0 Å². The normalized spacial score (nSPS) is 14.6. The summed E-state index contributed by atoms with van der Waals surface area (Å²) in [5, 5.41) is 4.66. The van der Waals surface area contributed by atoms with Gasteiger partial charge in [0.15, 0.2) is 0 Å². The van der Waals surface area contributed by atoms with E-state index in [2.05, 4.69) is 5.10 Å². The van der Waals surface area contributed by atoms with E-state index in [1.165, 1.54) is 12.3 Å². The van der Waals surface area contributed by atoms with E-state index in [1.807, 2.05) is 17.0 Å². The number of carbonyl (C=O) groups excluding carboxylic acids is 1. The topological polar surface area (TPSA) is 58.4 Å². The third-order valence-corrected chi connectivity index (χ3v) is 4.87. The van der Waals surface area contributed by atoms with Gasteiger partial charge in [-0.1, -0.05) is 24.3 Å². The van der Waals surface area contributed by atoms with E-state index in [0.29, 0.717) is 42.8 Å². The number of carbonyl (C=O) groups is 1. The van der Waals surface area contributed by atoms with Crippen LogP contribution in [-0.2, 0) is 11.3 Å². The molecular weight excluding hydrogens is 347 g/mol. The Bertz CT molecular complexity index is 1040. The lowest BCUT2D eigenvalue weighted by Crippen LogP contribution is -2.50. The molecule has 0 unspecified atom stereocenters. The molecule has 1 aromatic heterocycles. The summed E-state index contributed by atoms with van der Waals surface area (Å²) in [6, 6.07) is 13.8. The molecule has 4 rings (SSSR count). The Kier molecular flexibility index (Phi) is 4.58. The molecule has 1 fully saturated rings. The van der Waals surface area contributed by atoms with Crippen molar-refractivity contribution < 1.29 is 9.18 Å². The van der Waals surface area contributed by atoms with E-state index in [-0.39, 0.29) is 23.7 Å². The average Bonchev–Trinajstić information content (AvgIpc) is 2.71. The number of fused-ring (bicyclic) bond motifs is 1. The lowest BCUT2D eigenvalue weighted by Gasteiger charge is -2.36. The highest BCUT2D eigenvalue weighted by molar-refractivity contribution is 5.81. The summed E-state index contributed by atoms with van der Waals surface area (Å²) in [5.74, 6) is -0.314. The van der Waals surface area contributed by atoms with Gasteiger partial charge < -0.3 is 9.80 Å². The highest BCUT2D eigenvalue weighted by Gasteiger charge is 2.23. The molecule has 2 heterocycles. The molecule has 7 heteroatoms. The van der Waals surface area contributed by atoms with Crippen molar-refractivity contribution in [1.29, 1.82) is 0 Å². The van der Waals surface area contributed by atoms with Crippen molar-refractivity contribution in [3.63, 3.8) is 0 Å². The van der Waals surface area contributed by atoms with Gasteiger partial charge in [-0.05, 0) is 24.3 Å². The summed E-state index contributed by atoms with van der Waals surface area (Å²) in [7, 11) is 0. The number of amides is 1. The predicted molar refractivity (Wildman–Crippen MR) is 101 cm³/mol. The molecule has 1 amide bonds. The Labute approximate surface area is 155 Å². The molecule has 1 aliphatic heterocycles. The first-order valence-electron chi connectivity index (χ1n) is 8.85. The van der Waals surface area contributed by atoms with Crippen molar-refractivity contribution in [1.82, 2.24) is 14.7 Å². The number of rotatable bonds is 3. The molecule has 0 spiro atoms. The molecule has 0 bridgehead atoms. The molecule has 2 aromatic carbocycles. The van der Waals surface area contributed by atoms with E-state index in [9.17, 15) is 14.0 Å². The number of anilines is 1. The first-order valence-corrected chi connectivity index (χ1v) is 8.85. The monoisotopic (exact) mass is 366 g/mol. The molecule has 3 aromatic rings. The van der Waals surface area contributed by atoms with Crippen LogP contribution >= 0.6 is 0 Å². The summed E-state index contributed by atoms with van der Waals surface area (Å²) in [5.41, 5.74) is 1.05. The molecule has 6 nitrogen and oxygen atoms in total. The zero-order valence-corrected chi connectivity index (χ0v) is 14.7. The first-order chi connectivity index (χ1) is 13.1. The number of para-hydroxylation sites is 2. The van der Waals surface area contributed by atoms with Crippen molar-refractivity contribution in [3.8, 4) is 0 Å². The maximum absolute atomic E-state index is 13.9. The fourth-order valence-corrected chi connectivity index (χ4v) is 3.42. The molecule has 0 aliphatic carbocycles. The lowest BCUT2D eigenvalue weighted by molar-refractivity contribution is -0.132. The van der Waals surface area contributed by atoms with E-state index in [1.54, 1.807) is 39.9 Å². The standard InChI is InChI=1S/C20H19FN4O2/c21-16-6-2-4-8-18(16)23-9-11-24(12-10-23)20(27)14-25-17-7-3-1-5-15(17)19(26)13-22-25/h1-8,13H,9-12,14H2. The van der Waals surface area contributed by atoms with Gasteiger partial charge in [0.25, 0.3) is 0 Å². The molecule has 1 saturated heterocycles. The maximum atomic E-state index is 13.9. The number of hydrogen-bond donors (Lipinski definition) is 0. The van der Waals surface area contributed by atoms with Gasteiger partial charge in [-0.25, -0.2) is 4.39 Å². The van der Waals surface area contributed by atoms with Crippen LogP contribution in [0.5, 0.6) is 0 Å². The van der Waals surface area contributed by atoms with Crippen LogP contribution in [0.15, 0.2) is 59.5 Å². The molecule has 27 heavy (non-hydrogen) atoms. The van der Waals surface area contributed by atoms with Gasteiger partial charge in [0.05, 0.1) is 17.4 Å². The van der Waals surface area contributed by atoms with Crippen LogP contribution in [0.2, 0.25) is 0 Å². The Morgan fingerprint density at radius 2 is 1.70 bits per heavy atom. The summed E-state index contributed by atoms with van der Waals surface area (Å²) >= 11 is 0. The summed E-state index contributed by atoms with van der Waals surface area (Å²) in [6.45, 7) is 2.26. The van der Waals surface area contributed by atoms with Crippen molar-refractivity contribution in [3.05, 3.63) is 70.8 Å². The Hall–Kier alpha value is -3.22. The Morgan fingerprint density at radius 1 is 1.00 bits per heavy atom. The highest BCUT2D eigenvalue weighted by atomic mass is 19.1. The second-order valence-electron chi connectivity index (χ2n) is 6.50. The van der Waals surface area contributed by atoms with E-state index < -0.39 is 0 Å². The highest BCUT2D eigenvalue weighted by Crippen LogP contribution is 2.20. The molecule has 138 valence electrons. The van der Waals surface area contributed by atoms with Crippen molar-refractivity contribution >= 4 is 22.5 Å². The molecule has 1 aliphatic rings. The minimum Gasteiger partial charge on any atom is -0.366 e. The third kappa shape index (κ3) is 3.40. The first kappa shape index (κ1) is 17.2. The van der Waals surface area contributed by atoms with Crippen molar-refractivity contribution in [2.24, 2.45) is 0 Å². The SMILES string of the molecule is O=C(Cn1ncc(=O)c2ccccc21)N1CCN(c2ccccc2F)CC1. The van der Waals surface area contributed by atoms with Gasteiger partial charge in [0.2, 0.25) is 11.3 Å². The van der Waals surface area contributed by atoms with Gasteiger partial charge in [-0.3, -0.25) is 14.3 Å². The van der Waals surface area contributed by atoms with E-state index in [0.717, 1.165) is 0 Å². The van der Waals surface area contributed by atoms with Crippen LogP contribution in [0.25, 0.3) is 10.9 Å². The summed E-state index contributed by atoms with van der Waals surface area (Å²) in [6.07, 6.45) is 1.24. The van der Waals surface area contributed by atoms with Crippen molar-refractivity contribution in [2.45, 2.75) is 6.54 Å². The zero-order valence-electron chi connectivity index (χ0n) is 14.7. The molecule has 0 N–H and O–H groups in total. The van der Waals surface area contributed by atoms with Crippen LogP contribution in [0.3, 0.4) is 0 Å². The van der Waals surface area contributed by atoms with Gasteiger partial charge in [-0.2, -0.15) is 5.10 Å². The number of hydrogen-bond acceptors (Lipinski definition) is 4. The minimum atomic E-state index is -0.249. The van der Waals surface area contributed by atoms with Gasteiger partial charge in [0.1, 0.15) is 12.4 Å². The van der Waals surface area contributed by atoms with Gasteiger partial charge >= 0.3 is 0 Å². The van der Waals surface area contributed by atoms with Crippen molar-refractivity contribution in [2.75, 3.05) is 31.1 Å². The summed E-state index contributed by atoms with van der Waals surface area (Å²) in [4.78, 5) is 28.3. The second-order valence-corrected chi connectivity index (χ2v) is 6.50. The van der Waals surface area contributed by atoms with Crippen LogP contribution in [0.4, 0.5) is 10.1 Å². The smallest absolute Gasteiger partial charge is 0.244 e. The third-order valence-electron chi connectivity index (χ3n) is 4.87. The fraction of sp³-hybridized carbons (Fsp3) is 0.250. The molecule has 0 atom stereocenters. The molecule has 0 radical (unpaired) electrons. The molecule has 0 saturated carbocycles. The van der Waals surface area contributed by atoms with Crippen LogP contribution < -0.4 is 10.3 Å². The number of halogens is 1. The second kappa shape index (κ2) is 7.19. The van der Waals surface area contributed by atoms with Crippen LogP contribution in [0, 0.1) is 5.82 Å². The predicted octanol–water partition coefficient (Wildman–Crippen LogP) is 1.88. The maximum Gasteiger partial charge on any atom is 0.244 e. The minimum absolute atomic E-state index is 0.0653. The van der Waals surface area contributed by atoms with Gasteiger partial charge in [0, 0.05) is 31.6 Å². The average molecular weight is 366 g/mol. The number of aromatic nitrogens is 2. The summed E-state index contributed by atoms with van der Waals surface area (Å²) < 4.78 is 15.5. The largest absolute Gasteiger partial charge is 0.366 e. The Balaban J connectivity index is 1.46.